The van der Waals surface area contributed by atoms with Gasteiger partial charge in [-0.2, -0.15) is 5.10 Å². The van der Waals surface area contributed by atoms with Crippen molar-refractivity contribution in [1.82, 2.24) is 5.43 Å². The summed E-state index contributed by atoms with van der Waals surface area (Å²) in [5, 5.41) is 14.4. The third-order valence-electron chi connectivity index (χ3n) is 2.67. The third kappa shape index (κ3) is 5.66. The van der Waals surface area contributed by atoms with Crippen molar-refractivity contribution in [3.63, 3.8) is 0 Å². The van der Waals surface area contributed by atoms with E-state index in [4.69, 9.17) is 4.74 Å². The molecule has 1 N–H and O–H groups in total. The van der Waals surface area contributed by atoms with Gasteiger partial charge in [-0.3, -0.25) is 14.9 Å². The van der Waals surface area contributed by atoms with E-state index in [2.05, 4.69) is 33.1 Å². The van der Waals surface area contributed by atoms with E-state index < -0.39 is 10.8 Å². The van der Waals surface area contributed by atoms with E-state index in [0.717, 1.165) is 3.57 Å². The van der Waals surface area contributed by atoms with Gasteiger partial charge in [0.25, 0.3) is 11.6 Å². The fourth-order valence-electron chi connectivity index (χ4n) is 1.61. The van der Waals surface area contributed by atoms with Crippen LogP contribution in [0.25, 0.3) is 0 Å². The third-order valence-corrected chi connectivity index (χ3v) is 3.39. The van der Waals surface area contributed by atoms with Gasteiger partial charge in [-0.15, -0.1) is 0 Å². The molecule has 0 aliphatic heterocycles. The number of carbonyl (C=O) groups is 1. The monoisotopic (exact) mass is 425 g/mol. The van der Waals surface area contributed by atoms with Gasteiger partial charge in [0, 0.05) is 21.3 Å². The molecule has 0 fully saturated rings. The number of nitro benzene ring substituents is 1. The Kier molecular flexibility index (Phi) is 6.03. The van der Waals surface area contributed by atoms with Crippen LogP contribution in [0.15, 0.2) is 53.6 Å². The number of non-ortho nitro benzene ring substituents is 1. The normalized spacial score (nSPS) is 10.5. The van der Waals surface area contributed by atoms with E-state index in [-0.39, 0.29) is 12.3 Å². The van der Waals surface area contributed by atoms with Crippen LogP contribution in [0.4, 0.5) is 5.69 Å². The van der Waals surface area contributed by atoms with Gasteiger partial charge in [0.2, 0.25) is 0 Å². The number of nitrogens with one attached hydrogen (secondary N) is 1. The lowest BCUT2D eigenvalue weighted by Crippen LogP contribution is -2.24. The Bertz CT molecular complexity index is 732. The molecule has 0 atom stereocenters. The first-order valence-corrected chi connectivity index (χ1v) is 7.57. The molecular weight excluding hydrogens is 413 g/mol. The molecule has 118 valence electrons. The molecule has 0 spiro atoms. The molecule has 0 bridgehead atoms. The molecule has 23 heavy (non-hydrogen) atoms. The van der Waals surface area contributed by atoms with Gasteiger partial charge in [-0.1, -0.05) is 12.1 Å². The van der Waals surface area contributed by atoms with E-state index in [0.29, 0.717) is 11.3 Å². The molecular formula is C15H12IN3O4. The van der Waals surface area contributed by atoms with Crippen molar-refractivity contribution in [2.75, 3.05) is 6.61 Å². The summed E-state index contributed by atoms with van der Waals surface area (Å²) in [4.78, 5) is 21.7. The highest BCUT2D eigenvalue weighted by Gasteiger charge is 2.04. The number of ether oxygens (including phenoxy) is 1. The Morgan fingerprint density at radius 2 is 2.04 bits per heavy atom. The maximum atomic E-state index is 11.6. The summed E-state index contributed by atoms with van der Waals surface area (Å²) in [6.45, 7) is -0.174. The SMILES string of the molecule is O=C(COc1ccc(I)cc1)N/N=C\c1cccc([N+](=O)[O-])c1. The molecule has 0 unspecified atom stereocenters. The number of rotatable bonds is 6. The number of halogens is 1. The van der Waals surface area contributed by atoms with Crippen molar-refractivity contribution >= 4 is 40.4 Å². The molecule has 2 aromatic rings. The van der Waals surface area contributed by atoms with Crippen LogP contribution >= 0.6 is 22.6 Å². The van der Waals surface area contributed by atoms with E-state index >= 15 is 0 Å². The molecule has 0 saturated carbocycles. The second-order valence-electron chi connectivity index (χ2n) is 4.39. The van der Waals surface area contributed by atoms with Crippen LogP contribution in [-0.4, -0.2) is 23.7 Å². The van der Waals surface area contributed by atoms with Gasteiger partial charge in [0.05, 0.1) is 11.1 Å². The second-order valence-corrected chi connectivity index (χ2v) is 5.63. The Morgan fingerprint density at radius 3 is 2.74 bits per heavy atom. The first-order chi connectivity index (χ1) is 11.0. The largest absolute Gasteiger partial charge is 0.484 e. The maximum Gasteiger partial charge on any atom is 0.277 e. The van der Waals surface area contributed by atoms with E-state index in [9.17, 15) is 14.9 Å². The van der Waals surface area contributed by atoms with Crippen molar-refractivity contribution < 1.29 is 14.5 Å². The molecule has 0 saturated heterocycles. The minimum Gasteiger partial charge on any atom is -0.484 e. The van der Waals surface area contributed by atoms with Crippen LogP contribution < -0.4 is 10.2 Å². The first kappa shape index (κ1) is 16.9. The second kappa shape index (κ2) is 8.22. The number of hydrazone groups is 1. The van der Waals surface area contributed by atoms with Gasteiger partial charge in [-0.05, 0) is 46.9 Å². The molecule has 8 heteroatoms. The molecule has 2 aromatic carbocycles. The molecule has 1 amide bonds. The van der Waals surface area contributed by atoms with E-state index in [1.165, 1.54) is 18.3 Å². The minimum atomic E-state index is -0.495. The number of nitro groups is 1. The van der Waals surface area contributed by atoms with Gasteiger partial charge in [-0.25, -0.2) is 5.43 Å². The highest BCUT2D eigenvalue weighted by Crippen LogP contribution is 2.13. The summed E-state index contributed by atoms with van der Waals surface area (Å²) in [7, 11) is 0. The zero-order chi connectivity index (χ0) is 16.7. The number of carbonyl (C=O) groups excluding carboxylic acids is 1. The van der Waals surface area contributed by atoms with Crippen LogP contribution in [0, 0.1) is 13.7 Å². The highest BCUT2D eigenvalue weighted by molar-refractivity contribution is 14.1. The van der Waals surface area contributed by atoms with Gasteiger partial charge >= 0.3 is 0 Å². The maximum absolute atomic E-state index is 11.6. The summed E-state index contributed by atoms with van der Waals surface area (Å²) >= 11 is 2.17. The van der Waals surface area contributed by atoms with Crippen LogP contribution in [-0.2, 0) is 4.79 Å². The average Bonchev–Trinajstić information content (AvgIpc) is 2.54. The van der Waals surface area contributed by atoms with E-state index in [1.54, 1.807) is 24.3 Å². The fourth-order valence-corrected chi connectivity index (χ4v) is 1.97. The van der Waals surface area contributed by atoms with Crippen molar-refractivity contribution in [3.8, 4) is 5.75 Å². The lowest BCUT2D eigenvalue weighted by Gasteiger charge is -2.04. The summed E-state index contributed by atoms with van der Waals surface area (Å²) < 4.78 is 6.37. The predicted octanol–water partition coefficient (Wildman–Crippen LogP) is 2.73. The summed E-state index contributed by atoms with van der Waals surface area (Å²) in [5.74, 6) is 0.161. The fraction of sp³-hybridized carbons (Fsp3) is 0.0667. The molecule has 0 aliphatic rings. The Morgan fingerprint density at radius 1 is 1.30 bits per heavy atom. The topological polar surface area (TPSA) is 93.8 Å². The summed E-state index contributed by atoms with van der Waals surface area (Å²) in [6.07, 6.45) is 1.33. The van der Waals surface area contributed by atoms with Gasteiger partial charge in [0.1, 0.15) is 5.75 Å². The molecule has 2 rings (SSSR count). The van der Waals surface area contributed by atoms with Crippen molar-refractivity contribution in [2.45, 2.75) is 0 Å². The molecule has 0 radical (unpaired) electrons. The van der Waals surface area contributed by atoms with Crippen molar-refractivity contribution in [3.05, 3.63) is 67.8 Å². The minimum absolute atomic E-state index is 0.0395. The quantitative estimate of drug-likeness (QED) is 0.333. The van der Waals surface area contributed by atoms with Gasteiger partial charge < -0.3 is 4.74 Å². The Labute approximate surface area is 145 Å². The predicted molar refractivity (Wildman–Crippen MR) is 93.5 cm³/mol. The lowest BCUT2D eigenvalue weighted by molar-refractivity contribution is -0.384. The summed E-state index contributed by atoms with van der Waals surface area (Å²) in [6, 6.07) is 13.2. The molecule has 0 aromatic heterocycles. The Hall–Kier alpha value is -2.49. The Balaban J connectivity index is 1.83. The highest BCUT2D eigenvalue weighted by atomic mass is 127. The van der Waals surface area contributed by atoms with Crippen molar-refractivity contribution in [1.29, 1.82) is 0 Å². The van der Waals surface area contributed by atoms with Crippen LogP contribution in [0.2, 0.25) is 0 Å². The molecule has 0 aliphatic carbocycles. The van der Waals surface area contributed by atoms with Crippen LogP contribution in [0.3, 0.4) is 0 Å². The van der Waals surface area contributed by atoms with Crippen LogP contribution in [0.1, 0.15) is 5.56 Å². The lowest BCUT2D eigenvalue weighted by atomic mass is 10.2. The number of benzene rings is 2. The first-order valence-electron chi connectivity index (χ1n) is 6.49. The zero-order valence-corrected chi connectivity index (χ0v) is 14.0. The smallest absolute Gasteiger partial charge is 0.277 e. The molecule has 7 nitrogen and oxygen atoms in total. The number of hydrogen-bond acceptors (Lipinski definition) is 5. The standard InChI is InChI=1S/C15H12IN3O4/c16-12-4-6-14(7-5-12)23-10-15(20)18-17-9-11-2-1-3-13(8-11)19(21)22/h1-9H,10H2,(H,18,20)/b17-9-. The summed E-state index contributed by atoms with van der Waals surface area (Å²) in [5.41, 5.74) is 2.77. The van der Waals surface area contributed by atoms with E-state index in [1.807, 2.05) is 12.1 Å². The number of amides is 1. The van der Waals surface area contributed by atoms with Crippen molar-refractivity contribution in [2.24, 2.45) is 5.10 Å². The van der Waals surface area contributed by atoms with Crippen LogP contribution in [0.5, 0.6) is 5.75 Å². The molecule has 0 heterocycles. The van der Waals surface area contributed by atoms with Gasteiger partial charge in [0.15, 0.2) is 6.61 Å². The number of hydrogen-bond donors (Lipinski definition) is 1. The average molecular weight is 425 g/mol. The number of nitrogens with zero attached hydrogens (tertiary/aromatic N) is 2. The zero-order valence-electron chi connectivity index (χ0n) is 11.8.